The molecule has 0 radical (unpaired) electrons. The fraction of sp³-hybridized carbons (Fsp3) is 0.312. The monoisotopic (exact) mass is 334 g/mol. The van der Waals surface area contributed by atoms with Crippen LogP contribution in [0.4, 0.5) is 0 Å². The average Bonchev–Trinajstić information content (AvgIpc) is 2.49. The maximum atomic E-state index is 5.76. The summed E-state index contributed by atoms with van der Waals surface area (Å²) >= 11 is 3.52. The van der Waals surface area contributed by atoms with Crippen LogP contribution < -0.4 is 10.1 Å². The summed E-state index contributed by atoms with van der Waals surface area (Å²) in [6.07, 6.45) is 2.80. The topological polar surface area (TPSA) is 34.1 Å². The fourth-order valence-corrected chi connectivity index (χ4v) is 2.42. The summed E-state index contributed by atoms with van der Waals surface area (Å²) in [5.41, 5.74) is 2.17. The molecule has 1 aromatic carbocycles. The first-order chi connectivity index (χ1) is 9.74. The first kappa shape index (κ1) is 15.0. The van der Waals surface area contributed by atoms with Crippen molar-refractivity contribution in [1.29, 1.82) is 0 Å². The van der Waals surface area contributed by atoms with Crippen molar-refractivity contribution in [2.75, 3.05) is 7.05 Å². The molecule has 1 heterocycles. The Morgan fingerprint density at radius 3 is 2.65 bits per heavy atom. The molecule has 0 saturated carbocycles. The highest BCUT2D eigenvalue weighted by atomic mass is 79.9. The second-order valence-corrected chi connectivity index (χ2v) is 5.40. The SMILES string of the molecule is CCC(NC)c1ccc(OCc2ccccc2Br)cn1. The van der Waals surface area contributed by atoms with Gasteiger partial charge in [-0.25, -0.2) is 0 Å². The van der Waals surface area contributed by atoms with E-state index in [1.54, 1.807) is 6.20 Å². The Morgan fingerprint density at radius 1 is 1.25 bits per heavy atom. The minimum absolute atomic E-state index is 0.298. The summed E-state index contributed by atoms with van der Waals surface area (Å²) in [4.78, 5) is 4.46. The van der Waals surface area contributed by atoms with Crippen LogP contribution in [0.1, 0.15) is 30.6 Å². The highest BCUT2D eigenvalue weighted by molar-refractivity contribution is 9.10. The van der Waals surface area contributed by atoms with Crippen LogP contribution in [0.15, 0.2) is 47.1 Å². The van der Waals surface area contributed by atoms with Crippen LogP contribution in [0.5, 0.6) is 5.75 Å². The summed E-state index contributed by atoms with van der Waals surface area (Å²) in [5, 5.41) is 3.24. The molecular formula is C16H19BrN2O. The molecule has 1 unspecified atom stereocenters. The van der Waals surface area contributed by atoms with Crippen molar-refractivity contribution in [3.63, 3.8) is 0 Å². The zero-order valence-electron chi connectivity index (χ0n) is 11.8. The molecule has 0 aliphatic rings. The molecule has 4 heteroatoms. The molecule has 0 spiro atoms. The summed E-state index contributed by atoms with van der Waals surface area (Å²) in [6.45, 7) is 2.67. The van der Waals surface area contributed by atoms with Crippen molar-refractivity contribution >= 4 is 15.9 Å². The lowest BCUT2D eigenvalue weighted by molar-refractivity contribution is 0.304. The lowest BCUT2D eigenvalue weighted by Crippen LogP contribution is -2.16. The predicted octanol–water partition coefficient (Wildman–Crippen LogP) is 4.09. The van der Waals surface area contributed by atoms with Crippen LogP contribution in [0, 0.1) is 0 Å². The standard InChI is InChI=1S/C16H19BrN2O/c1-3-15(18-2)16-9-8-13(10-19-16)20-11-12-6-4-5-7-14(12)17/h4-10,15,18H,3,11H2,1-2H3. The van der Waals surface area contributed by atoms with Gasteiger partial charge >= 0.3 is 0 Å². The molecule has 0 aliphatic carbocycles. The number of hydrogen-bond acceptors (Lipinski definition) is 3. The summed E-state index contributed by atoms with van der Waals surface area (Å²) in [6, 6.07) is 12.3. The first-order valence-electron chi connectivity index (χ1n) is 6.74. The van der Waals surface area contributed by atoms with E-state index in [0.29, 0.717) is 12.6 Å². The maximum Gasteiger partial charge on any atom is 0.138 e. The lowest BCUT2D eigenvalue weighted by atomic mass is 10.1. The van der Waals surface area contributed by atoms with Gasteiger partial charge in [0.15, 0.2) is 0 Å². The summed E-state index contributed by atoms with van der Waals surface area (Å²) in [5.74, 6) is 0.787. The van der Waals surface area contributed by atoms with Gasteiger partial charge in [-0.2, -0.15) is 0 Å². The smallest absolute Gasteiger partial charge is 0.138 e. The maximum absolute atomic E-state index is 5.76. The Morgan fingerprint density at radius 2 is 2.05 bits per heavy atom. The van der Waals surface area contributed by atoms with E-state index in [-0.39, 0.29) is 0 Å². The van der Waals surface area contributed by atoms with Gasteiger partial charge in [0, 0.05) is 16.1 Å². The number of nitrogens with one attached hydrogen (secondary N) is 1. The van der Waals surface area contributed by atoms with Gasteiger partial charge in [0.1, 0.15) is 12.4 Å². The largest absolute Gasteiger partial charge is 0.487 e. The molecule has 2 rings (SSSR count). The minimum Gasteiger partial charge on any atom is -0.487 e. The van der Waals surface area contributed by atoms with Crippen LogP contribution >= 0.6 is 15.9 Å². The fourth-order valence-electron chi connectivity index (χ4n) is 2.02. The van der Waals surface area contributed by atoms with E-state index in [9.17, 15) is 0 Å². The lowest BCUT2D eigenvalue weighted by Gasteiger charge is -2.13. The molecule has 3 nitrogen and oxygen atoms in total. The third-order valence-corrected chi connectivity index (χ3v) is 4.00. The number of hydrogen-bond donors (Lipinski definition) is 1. The second-order valence-electron chi connectivity index (χ2n) is 4.55. The molecule has 0 fully saturated rings. The van der Waals surface area contributed by atoms with Gasteiger partial charge in [0.2, 0.25) is 0 Å². The number of pyridine rings is 1. The Hall–Kier alpha value is -1.39. The zero-order chi connectivity index (χ0) is 14.4. The van der Waals surface area contributed by atoms with E-state index in [0.717, 1.165) is 27.9 Å². The Kier molecular flexibility index (Phi) is 5.56. The number of aromatic nitrogens is 1. The van der Waals surface area contributed by atoms with E-state index in [1.165, 1.54) is 0 Å². The van der Waals surface area contributed by atoms with Gasteiger partial charge in [0.25, 0.3) is 0 Å². The summed E-state index contributed by atoms with van der Waals surface area (Å²) < 4.78 is 6.82. The van der Waals surface area contributed by atoms with Crippen LogP contribution in [-0.4, -0.2) is 12.0 Å². The second kappa shape index (κ2) is 7.41. The van der Waals surface area contributed by atoms with Gasteiger partial charge in [-0.1, -0.05) is 41.1 Å². The van der Waals surface area contributed by atoms with Crippen molar-refractivity contribution in [3.8, 4) is 5.75 Å². The Labute approximate surface area is 128 Å². The molecule has 2 aromatic rings. The number of halogens is 1. The van der Waals surface area contributed by atoms with Gasteiger partial charge in [-0.05, 0) is 31.7 Å². The van der Waals surface area contributed by atoms with Crippen molar-refractivity contribution in [2.24, 2.45) is 0 Å². The highest BCUT2D eigenvalue weighted by Crippen LogP contribution is 2.20. The van der Waals surface area contributed by atoms with Crippen molar-refractivity contribution < 1.29 is 4.74 Å². The summed E-state index contributed by atoms with van der Waals surface area (Å²) in [7, 11) is 1.95. The molecule has 0 bridgehead atoms. The number of rotatable bonds is 6. The van der Waals surface area contributed by atoms with Crippen LogP contribution in [0.3, 0.4) is 0 Å². The molecule has 1 aromatic heterocycles. The van der Waals surface area contributed by atoms with Gasteiger partial charge in [-0.3, -0.25) is 4.98 Å². The molecule has 106 valence electrons. The normalized spacial score (nSPS) is 12.2. The van der Waals surface area contributed by atoms with E-state index in [2.05, 4.69) is 33.2 Å². The Balaban J connectivity index is 1.99. The molecule has 0 amide bonds. The predicted molar refractivity (Wildman–Crippen MR) is 84.8 cm³/mol. The number of ether oxygens (including phenoxy) is 1. The van der Waals surface area contributed by atoms with Crippen LogP contribution in [0.2, 0.25) is 0 Å². The molecule has 0 saturated heterocycles. The van der Waals surface area contributed by atoms with E-state index in [4.69, 9.17) is 4.74 Å². The molecule has 0 aliphatic heterocycles. The third-order valence-electron chi connectivity index (χ3n) is 3.23. The first-order valence-corrected chi connectivity index (χ1v) is 7.53. The van der Waals surface area contributed by atoms with Crippen molar-refractivity contribution in [1.82, 2.24) is 10.3 Å². The molecule has 1 N–H and O–H groups in total. The zero-order valence-corrected chi connectivity index (χ0v) is 13.4. The van der Waals surface area contributed by atoms with Gasteiger partial charge in [-0.15, -0.1) is 0 Å². The molecule has 1 atom stereocenters. The van der Waals surface area contributed by atoms with Gasteiger partial charge < -0.3 is 10.1 Å². The van der Waals surface area contributed by atoms with Crippen molar-refractivity contribution in [3.05, 3.63) is 58.3 Å². The molecule has 20 heavy (non-hydrogen) atoms. The highest BCUT2D eigenvalue weighted by Gasteiger charge is 2.08. The van der Waals surface area contributed by atoms with Crippen LogP contribution in [-0.2, 0) is 6.61 Å². The van der Waals surface area contributed by atoms with E-state index >= 15 is 0 Å². The average molecular weight is 335 g/mol. The number of nitrogens with zero attached hydrogens (tertiary/aromatic N) is 1. The molecular weight excluding hydrogens is 316 g/mol. The third kappa shape index (κ3) is 3.81. The van der Waals surface area contributed by atoms with Crippen molar-refractivity contribution in [2.45, 2.75) is 26.0 Å². The Bertz CT molecular complexity index is 538. The van der Waals surface area contributed by atoms with Gasteiger partial charge in [0.05, 0.1) is 11.9 Å². The number of benzene rings is 1. The van der Waals surface area contributed by atoms with E-state index in [1.807, 2.05) is 43.4 Å². The van der Waals surface area contributed by atoms with E-state index < -0.39 is 0 Å². The van der Waals surface area contributed by atoms with Crippen LogP contribution in [0.25, 0.3) is 0 Å². The quantitative estimate of drug-likeness (QED) is 0.863. The minimum atomic E-state index is 0.298.